The van der Waals surface area contributed by atoms with Gasteiger partial charge in [0.15, 0.2) is 0 Å². The summed E-state index contributed by atoms with van der Waals surface area (Å²) in [7, 11) is 0. The Kier molecular flexibility index (Phi) is 4.41. The van der Waals surface area contributed by atoms with Gasteiger partial charge in [-0.05, 0) is 42.5 Å². The van der Waals surface area contributed by atoms with Gasteiger partial charge in [-0.15, -0.1) is 0 Å². The van der Waals surface area contributed by atoms with Gasteiger partial charge < -0.3 is 10.6 Å². The van der Waals surface area contributed by atoms with Crippen molar-refractivity contribution < 1.29 is 22.8 Å². The minimum Gasteiger partial charge on any atom is -0.308 e. The summed E-state index contributed by atoms with van der Waals surface area (Å²) in [4.78, 5) is 23.6. The van der Waals surface area contributed by atoms with Crippen LogP contribution in [0.15, 0.2) is 54.7 Å². The number of anilines is 2. The van der Waals surface area contributed by atoms with Crippen molar-refractivity contribution in [3.05, 3.63) is 60.3 Å². The largest absolute Gasteiger partial charge is 0.416 e. The van der Waals surface area contributed by atoms with Gasteiger partial charge in [0.1, 0.15) is 0 Å². The monoisotopic (exact) mass is 361 g/mol. The zero-order valence-corrected chi connectivity index (χ0v) is 13.6. The number of amides is 2. The highest BCUT2D eigenvalue weighted by Crippen LogP contribution is 2.29. The number of nitrogens with one attached hydrogen (secondary N) is 2. The second-order valence-corrected chi connectivity index (χ2v) is 5.63. The van der Waals surface area contributed by atoms with Crippen LogP contribution in [0.25, 0.3) is 10.9 Å². The molecule has 0 spiro atoms. The molecule has 0 aliphatic heterocycles. The van der Waals surface area contributed by atoms with E-state index in [1.54, 1.807) is 30.5 Å². The number of nitrogens with zero attached hydrogens (tertiary/aromatic N) is 1. The van der Waals surface area contributed by atoms with Gasteiger partial charge in [-0.25, -0.2) is 4.79 Å². The van der Waals surface area contributed by atoms with Crippen LogP contribution in [-0.2, 0) is 6.18 Å². The van der Waals surface area contributed by atoms with Crippen molar-refractivity contribution in [3.63, 3.8) is 0 Å². The molecule has 5 nitrogen and oxygen atoms in total. The molecular weight excluding hydrogens is 347 g/mol. The van der Waals surface area contributed by atoms with Gasteiger partial charge in [0.25, 0.3) is 0 Å². The number of carbonyl (C=O) groups excluding carboxylic acids is 2. The van der Waals surface area contributed by atoms with E-state index in [1.165, 1.54) is 23.6 Å². The van der Waals surface area contributed by atoms with Crippen LogP contribution in [0.3, 0.4) is 0 Å². The SMILES string of the molecule is CC(=O)n1ccc2ccc(NC(=O)Nc3ccc(C(F)(F)F)cc3)cc21. The third-order valence-electron chi connectivity index (χ3n) is 3.76. The standard InChI is InChI=1S/C18H14F3N3O2/c1-11(25)24-9-8-12-2-5-15(10-16(12)24)23-17(26)22-14-6-3-13(4-7-14)18(19,20)21/h2-10H,1H3,(H2,22,23,26). The molecule has 0 aliphatic carbocycles. The molecule has 3 rings (SSSR count). The summed E-state index contributed by atoms with van der Waals surface area (Å²) in [6, 6.07) is 10.4. The Morgan fingerprint density at radius 3 is 2.15 bits per heavy atom. The van der Waals surface area contributed by atoms with Crippen LogP contribution in [0.1, 0.15) is 17.3 Å². The fourth-order valence-corrected chi connectivity index (χ4v) is 2.52. The normalized spacial score (nSPS) is 11.4. The molecule has 0 fully saturated rings. The molecule has 8 heteroatoms. The average molecular weight is 361 g/mol. The second-order valence-electron chi connectivity index (χ2n) is 5.63. The van der Waals surface area contributed by atoms with Crippen LogP contribution in [0.4, 0.5) is 29.3 Å². The lowest BCUT2D eigenvalue weighted by molar-refractivity contribution is -0.137. The van der Waals surface area contributed by atoms with Crippen molar-refractivity contribution in [2.75, 3.05) is 10.6 Å². The number of urea groups is 1. The summed E-state index contributed by atoms with van der Waals surface area (Å²) in [5.74, 6) is -0.161. The maximum atomic E-state index is 12.5. The van der Waals surface area contributed by atoms with Gasteiger partial charge in [0.2, 0.25) is 5.91 Å². The molecule has 0 radical (unpaired) electrons. The fourth-order valence-electron chi connectivity index (χ4n) is 2.52. The Morgan fingerprint density at radius 1 is 0.923 bits per heavy atom. The Morgan fingerprint density at radius 2 is 1.54 bits per heavy atom. The number of fused-ring (bicyclic) bond motifs is 1. The molecule has 26 heavy (non-hydrogen) atoms. The molecule has 2 aromatic carbocycles. The van der Waals surface area contributed by atoms with Crippen LogP contribution in [-0.4, -0.2) is 16.5 Å². The molecule has 0 atom stereocenters. The third kappa shape index (κ3) is 3.69. The minimum absolute atomic E-state index is 0.161. The third-order valence-corrected chi connectivity index (χ3v) is 3.76. The summed E-state index contributed by atoms with van der Waals surface area (Å²) in [5.41, 5.74) is 0.524. The number of aromatic nitrogens is 1. The van der Waals surface area contributed by atoms with E-state index in [-0.39, 0.29) is 11.6 Å². The van der Waals surface area contributed by atoms with Gasteiger partial charge >= 0.3 is 12.2 Å². The molecule has 0 unspecified atom stereocenters. The quantitative estimate of drug-likeness (QED) is 0.677. The highest BCUT2D eigenvalue weighted by atomic mass is 19.4. The lowest BCUT2D eigenvalue weighted by Crippen LogP contribution is -2.19. The highest BCUT2D eigenvalue weighted by molar-refractivity contribution is 6.01. The van der Waals surface area contributed by atoms with Crippen LogP contribution >= 0.6 is 0 Å². The topological polar surface area (TPSA) is 63.1 Å². The molecule has 2 N–H and O–H groups in total. The molecule has 3 aromatic rings. The smallest absolute Gasteiger partial charge is 0.308 e. The Balaban J connectivity index is 1.73. The summed E-state index contributed by atoms with van der Waals surface area (Å²) in [6.45, 7) is 1.43. The van der Waals surface area contributed by atoms with Crippen LogP contribution in [0.2, 0.25) is 0 Å². The van der Waals surface area contributed by atoms with Crippen molar-refractivity contribution in [1.29, 1.82) is 0 Å². The lowest BCUT2D eigenvalue weighted by atomic mass is 10.2. The number of halogens is 3. The van der Waals surface area contributed by atoms with E-state index in [4.69, 9.17) is 0 Å². The molecule has 134 valence electrons. The van der Waals surface area contributed by atoms with Crippen molar-refractivity contribution in [2.45, 2.75) is 13.1 Å². The Hall–Kier alpha value is -3.29. The van der Waals surface area contributed by atoms with E-state index in [2.05, 4.69) is 10.6 Å². The van der Waals surface area contributed by atoms with Gasteiger partial charge in [0, 0.05) is 29.9 Å². The van der Waals surface area contributed by atoms with Crippen LogP contribution in [0.5, 0.6) is 0 Å². The highest BCUT2D eigenvalue weighted by Gasteiger charge is 2.29. The van der Waals surface area contributed by atoms with E-state index >= 15 is 0 Å². The van der Waals surface area contributed by atoms with Crippen LogP contribution < -0.4 is 10.6 Å². The number of benzene rings is 2. The van der Waals surface area contributed by atoms with Crippen LogP contribution in [0, 0.1) is 0 Å². The number of alkyl halides is 3. The van der Waals surface area contributed by atoms with Gasteiger partial charge in [0.05, 0.1) is 11.1 Å². The van der Waals surface area contributed by atoms with E-state index in [0.29, 0.717) is 11.2 Å². The predicted molar refractivity (Wildman–Crippen MR) is 92.3 cm³/mol. The molecule has 0 saturated carbocycles. The zero-order valence-electron chi connectivity index (χ0n) is 13.6. The van der Waals surface area contributed by atoms with E-state index < -0.39 is 17.8 Å². The first-order chi connectivity index (χ1) is 12.2. The molecule has 0 saturated heterocycles. The number of hydrogen-bond donors (Lipinski definition) is 2. The molecule has 1 aromatic heterocycles. The molecular formula is C18H14F3N3O2. The summed E-state index contributed by atoms with van der Waals surface area (Å²) < 4.78 is 39.1. The van der Waals surface area contributed by atoms with E-state index in [1.807, 2.05) is 0 Å². The first-order valence-corrected chi connectivity index (χ1v) is 7.61. The number of rotatable bonds is 2. The average Bonchev–Trinajstić information content (AvgIpc) is 2.97. The number of hydrogen-bond acceptors (Lipinski definition) is 2. The molecule has 0 aliphatic rings. The second kappa shape index (κ2) is 6.55. The molecule has 0 bridgehead atoms. The van der Waals surface area contributed by atoms with Gasteiger partial charge in [-0.3, -0.25) is 9.36 Å². The van der Waals surface area contributed by atoms with E-state index in [0.717, 1.165) is 17.5 Å². The van der Waals surface area contributed by atoms with Crippen molar-refractivity contribution in [1.82, 2.24) is 4.57 Å². The molecule has 1 heterocycles. The maximum absolute atomic E-state index is 12.5. The van der Waals surface area contributed by atoms with Gasteiger partial charge in [-0.1, -0.05) is 6.07 Å². The van der Waals surface area contributed by atoms with Crippen molar-refractivity contribution in [3.8, 4) is 0 Å². The first-order valence-electron chi connectivity index (χ1n) is 7.61. The summed E-state index contributed by atoms with van der Waals surface area (Å²) in [6.07, 6.45) is -2.79. The number of carbonyl (C=O) groups is 2. The van der Waals surface area contributed by atoms with Gasteiger partial charge in [-0.2, -0.15) is 13.2 Å². The summed E-state index contributed by atoms with van der Waals surface area (Å²) >= 11 is 0. The Bertz CT molecular complexity index is 976. The minimum atomic E-state index is -4.43. The van der Waals surface area contributed by atoms with Crippen molar-refractivity contribution in [2.24, 2.45) is 0 Å². The van der Waals surface area contributed by atoms with Crippen molar-refractivity contribution >= 4 is 34.2 Å². The molecule has 2 amide bonds. The Labute approximate surface area is 146 Å². The summed E-state index contributed by atoms with van der Waals surface area (Å²) in [5, 5.41) is 5.89. The van der Waals surface area contributed by atoms with E-state index in [9.17, 15) is 22.8 Å². The first kappa shape index (κ1) is 17.5. The zero-order chi connectivity index (χ0) is 18.9. The maximum Gasteiger partial charge on any atom is 0.416 e. The fraction of sp³-hybridized carbons (Fsp3) is 0.111. The lowest BCUT2D eigenvalue weighted by Gasteiger charge is -2.10. The predicted octanol–water partition coefficient (Wildman–Crippen LogP) is 4.96.